The molecule has 0 spiro atoms. The smallest absolute Gasteiger partial charge is 0.319 e. The van der Waals surface area contributed by atoms with Crippen LogP contribution in [0.15, 0.2) is 23.1 Å². The zero-order valence-electron chi connectivity index (χ0n) is 12.5. The molecule has 0 unspecified atom stereocenters. The number of nitrogens with one attached hydrogen (secondary N) is 2. The third kappa shape index (κ3) is 4.57. The molecule has 116 valence electrons. The van der Waals surface area contributed by atoms with Gasteiger partial charge in [0.25, 0.3) is 0 Å². The predicted octanol–water partition coefficient (Wildman–Crippen LogP) is 0.228. The van der Waals surface area contributed by atoms with E-state index in [1.165, 1.54) is 10.6 Å². The Hall–Kier alpha value is -1.86. The highest BCUT2D eigenvalue weighted by molar-refractivity contribution is 5.88. The first-order valence-electron chi connectivity index (χ1n) is 7.09. The monoisotopic (exact) mass is 294 g/mol. The minimum absolute atomic E-state index is 0.109. The highest BCUT2D eigenvalue weighted by Gasteiger charge is 2.17. The third-order valence-corrected chi connectivity index (χ3v) is 3.57. The number of pyridine rings is 1. The Morgan fingerprint density at radius 1 is 1.38 bits per heavy atom. The molecular weight excluding hydrogens is 272 g/mol. The molecule has 1 aliphatic heterocycles. The molecule has 2 N–H and O–H groups in total. The van der Waals surface area contributed by atoms with E-state index in [9.17, 15) is 9.59 Å². The lowest BCUT2D eigenvalue weighted by molar-refractivity contribution is 0.0209. The Morgan fingerprint density at radius 2 is 2.10 bits per heavy atom. The van der Waals surface area contributed by atoms with Crippen LogP contribution >= 0.6 is 0 Å². The fraction of sp³-hybridized carbons (Fsp3) is 0.571. The van der Waals surface area contributed by atoms with Gasteiger partial charge in [0.2, 0.25) is 5.56 Å². The van der Waals surface area contributed by atoms with Crippen LogP contribution < -0.4 is 16.2 Å². The maximum atomic E-state index is 11.8. The lowest BCUT2D eigenvalue weighted by Crippen LogP contribution is -2.47. The number of nitrogens with zero attached hydrogens (tertiary/aromatic N) is 2. The van der Waals surface area contributed by atoms with Crippen LogP contribution in [-0.4, -0.2) is 54.4 Å². The molecule has 0 aromatic carbocycles. The molecule has 2 heterocycles. The maximum absolute atomic E-state index is 11.8. The van der Waals surface area contributed by atoms with E-state index in [0.29, 0.717) is 12.2 Å². The molecule has 2 rings (SSSR count). The first-order valence-corrected chi connectivity index (χ1v) is 7.09. The first-order chi connectivity index (χ1) is 10.1. The molecule has 1 saturated heterocycles. The average Bonchev–Trinajstić information content (AvgIpc) is 2.49. The number of amides is 2. The molecular formula is C14H22N4O3. The van der Waals surface area contributed by atoms with Gasteiger partial charge in [-0.1, -0.05) is 0 Å². The van der Waals surface area contributed by atoms with E-state index in [0.717, 1.165) is 26.3 Å². The zero-order valence-corrected chi connectivity index (χ0v) is 12.5. The van der Waals surface area contributed by atoms with E-state index in [4.69, 9.17) is 4.74 Å². The van der Waals surface area contributed by atoms with Crippen molar-refractivity contribution in [3.8, 4) is 0 Å². The number of morpholine rings is 1. The number of hydrogen-bond acceptors (Lipinski definition) is 4. The molecule has 7 nitrogen and oxygen atoms in total. The molecule has 0 saturated carbocycles. The van der Waals surface area contributed by atoms with E-state index in [1.54, 1.807) is 19.3 Å². The second-order valence-corrected chi connectivity index (χ2v) is 5.20. The van der Waals surface area contributed by atoms with Gasteiger partial charge in [0.05, 0.1) is 18.9 Å². The SMILES string of the molecule is C[C@H](CNC(=O)Nc1ccc(=O)n(C)c1)N1CCOCC1. The molecule has 1 aliphatic rings. The van der Waals surface area contributed by atoms with E-state index in [2.05, 4.69) is 22.5 Å². The van der Waals surface area contributed by atoms with E-state index >= 15 is 0 Å². The van der Waals surface area contributed by atoms with E-state index < -0.39 is 0 Å². The van der Waals surface area contributed by atoms with Gasteiger partial charge < -0.3 is 19.9 Å². The van der Waals surface area contributed by atoms with Crippen LogP contribution in [0, 0.1) is 0 Å². The van der Waals surface area contributed by atoms with Crippen LogP contribution in [0.5, 0.6) is 0 Å². The van der Waals surface area contributed by atoms with Crippen LogP contribution in [0.3, 0.4) is 0 Å². The van der Waals surface area contributed by atoms with Crippen LogP contribution in [0.1, 0.15) is 6.92 Å². The number of anilines is 1. The average molecular weight is 294 g/mol. The summed E-state index contributed by atoms with van der Waals surface area (Å²) in [5.41, 5.74) is 0.482. The van der Waals surface area contributed by atoms with Crippen LogP contribution in [0.4, 0.5) is 10.5 Å². The number of rotatable bonds is 4. The zero-order chi connectivity index (χ0) is 15.2. The topological polar surface area (TPSA) is 75.6 Å². The Bertz CT molecular complexity index is 537. The fourth-order valence-electron chi connectivity index (χ4n) is 2.23. The lowest BCUT2D eigenvalue weighted by Gasteiger charge is -2.32. The summed E-state index contributed by atoms with van der Waals surface area (Å²) >= 11 is 0. The van der Waals surface area contributed by atoms with E-state index in [1.807, 2.05) is 0 Å². The van der Waals surface area contributed by atoms with Crippen molar-refractivity contribution < 1.29 is 9.53 Å². The summed E-state index contributed by atoms with van der Waals surface area (Å²) < 4.78 is 6.73. The number of aromatic nitrogens is 1. The van der Waals surface area contributed by atoms with Crippen LogP contribution in [-0.2, 0) is 11.8 Å². The summed E-state index contributed by atoms with van der Waals surface area (Å²) in [5, 5.41) is 5.56. The fourth-order valence-corrected chi connectivity index (χ4v) is 2.23. The number of hydrogen-bond donors (Lipinski definition) is 2. The second-order valence-electron chi connectivity index (χ2n) is 5.20. The highest BCUT2D eigenvalue weighted by Crippen LogP contribution is 2.04. The minimum Gasteiger partial charge on any atom is -0.379 e. The number of aryl methyl sites for hydroxylation is 1. The van der Waals surface area contributed by atoms with Crippen molar-refractivity contribution in [2.45, 2.75) is 13.0 Å². The Morgan fingerprint density at radius 3 is 2.76 bits per heavy atom. The summed E-state index contributed by atoms with van der Waals surface area (Å²) in [7, 11) is 1.64. The largest absolute Gasteiger partial charge is 0.379 e. The molecule has 2 amide bonds. The molecule has 7 heteroatoms. The van der Waals surface area contributed by atoms with Crippen molar-refractivity contribution in [1.29, 1.82) is 0 Å². The molecule has 1 aromatic rings. The van der Waals surface area contributed by atoms with Gasteiger partial charge in [-0.2, -0.15) is 0 Å². The molecule has 1 fully saturated rings. The Kier molecular flexibility index (Phi) is 5.35. The normalized spacial score (nSPS) is 17.2. The standard InChI is InChI=1S/C14H22N4O3/c1-11(18-5-7-21-8-6-18)9-15-14(20)16-12-3-4-13(19)17(2)10-12/h3-4,10-11H,5-9H2,1-2H3,(H2,15,16,20)/t11-/m1/s1. The maximum Gasteiger partial charge on any atom is 0.319 e. The van der Waals surface area contributed by atoms with Gasteiger partial charge in [0.15, 0.2) is 0 Å². The predicted molar refractivity (Wildman–Crippen MR) is 80.6 cm³/mol. The number of urea groups is 1. The first kappa shape index (κ1) is 15.5. The van der Waals surface area contributed by atoms with Crippen molar-refractivity contribution in [1.82, 2.24) is 14.8 Å². The van der Waals surface area contributed by atoms with Gasteiger partial charge >= 0.3 is 6.03 Å². The van der Waals surface area contributed by atoms with Gasteiger partial charge in [0, 0.05) is 45.0 Å². The van der Waals surface area contributed by atoms with Crippen LogP contribution in [0.25, 0.3) is 0 Å². The number of carbonyl (C=O) groups is 1. The van der Waals surface area contributed by atoms with Crippen LogP contribution in [0.2, 0.25) is 0 Å². The molecule has 0 aliphatic carbocycles. The lowest BCUT2D eigenvalue weighted by atomic mass is 10.2. The van der Waals surface area contributed by atoms with Crippen molar-refractivity contribution >= 4 is 11.7 Å². The summed E-state index contributed by atoms with van der Waals surface area (Å²) in [4.78, 5) is 25.4. The van der Waals surface area contributed by atoms with Crippen molar-refractivity contribution in [2.75, 3.05) is 38.2 Å². The highest BCUT2D eigenvalue weighted by atomic mass is 16.5. The van der Waals surface area contributed by atoms with Crippen molar-refractivity contribution in [3.05, 3.63) is 28.7 Å². The van der Waals surface area contributed by atoms with Gasteiger partial charge in [0.1, 0.15) is 0 Å². The van der Waals surface area contributed by atoms with E-state index in [-0.39, 0.29) is 17.6 Å². The summed E-state index contributed by atoms with van der Waals surface area (Å²) in [6.45, 7) is 5.93. The Balaban J connectivity index is 1.78. The molecule has 21 heavy (non-hydrogen) atoms. The van der Waals surface area contributed by atoms with Crippen molar-refractivity contribution in [3.63, 3.8) is 0 Å². The minimum atomic E-state index is -0.270. The van der Waals surface area contributed by atoms with Gasteiger partial charge in [-0.15, -0.1) is 0 Å². The van der Waals surface area contributed by atoms with Gasteiger partial charge in [-0.05, 0) is 13.0 Å². The molecule has 1 atom stereocenters. The summed E-state index contributed by atoms with van der Waals surface area (Å²) in [6, 6.07) is 3.01. The third-order valence-electron chi connectivity index (χ3n) is 3.57. The number of ether oxygens (including phenoxy) is 1. The second kappa shape index (κ2) is 7.24. The summed E-state index contributed by atoms with van der Waals surface area (Å²) in [6.07, 6.45) is 1.59. The molecule has 0 bridgehead atoms. The van der Waals surface area contributed by atoms with Gasteiger partial charge in [-0.3, -0.25) is 9.69 Å². The summed E-state index contributed by atoms with van der Waals surface area (Å²) in [5.74, 6) is 0. The number of carbonyl (C=O) groups excluding carboxylic acids is 1. The van der Waals surface area contributed by atoms with Gasteiger partial charge in [-0.25, -0.2) is 4.79 Å². The Labute approximate surface area is 123 Å². The van der Waals surface area contributed by atoms with Crippen molar-refractivity contribution in [2.24, 2.45) is 7.05 Å². The quantitative estimate of drug-likeness (QED) is 0.833. The molecule has 1 aromatic heterocycles. The molecule has 0 radical (unpaired) electrons.